The molecule has 0 unspecified atom stereocenters. The molecule has 0 aliphatic heterocycles. The third-order valence-corrected chi connectivity index (χ3v) is 1.82. The van der Waals surface area contributed by atoms with Crippen LogP contribution in [0.2, 0.25) is 0 Å². The van der Waals surface area contributed by atoms with Crippen LogP contribution in [-0.2, 0) is 0 Å². The van der Waals surface area contributed by atoms with E-state index in [2.05, 4.69) is 24.7 Å². The van der Waals surface area contributed by atoms with E-state index in [1.54, 1.807) is 6.08 Å². The van der Waals surface area contributed by atoms with Gasteiger partial charge in [-0.1, -0.05) is 38.0 Å². The molecule has 0 fully saturated rings. The van der Waals surface area contributed by atoms with Gasteiger partial charge in [-0.2, -0.15) is 0 Å². The fourth-order valence-electron chi connectivity index (χ4n) is 1.28. The third kappa shape index (κ3) is 1.26. The average Bonchev–Trinajstić information content (AvgIpc) is 2.28. The Kier molecular flexibility index (Phi) is 2.34. The van der Waals surface area contributed by atoms with E-state index in [1.165, 1.54) is 0 Å². The standard InChI is InChI=1S/C11H13N/c1-5-7-11-9(4)12-8(3)10(11)6-2/h5-7,12H,1,3-4H2,2H3/b10-6-,11-7-. The smallest absolute Gasteiger partial charge is 0.0391 e. The van der Waals surface area contributed by atoms with Gasteiger partial charge in [0.15, 0.2) is 0 Å². The molecule has 62 valence electrons. The van der Waals surface area contributed by atoms with Crippen LogP contribution in [0.5, 0.6) is 0 Å². The second-order valence-corrected chi connectivity index (χ2v) is 2.60. The van der Waals surface area contributed by atoms with Crippen molar-refractivity contribution in [2.24, 2.45) is 0 Å². The zero-order chi connectivity index (χ0) is 9.14. The van der Waals surface area contributed by atoms with E-state index in [0.717, 1.165) is 21.1 Å². The Labute approximate surface area is 71.7 Å². The summed E-state index contributed by atoms with van der Waals surface area (Å²) in [6, 6.07) is 0. The summed E-state index contributed by atoms with van der Waals surface area (Å²) in [5, 5.41) is 4.00. The van der Waals surface area contributed by atoms with Crippen molar-refractivity contribution in [1.29, 1.82) is 0 Å². The molecule has 0 bridgehead atoms. The first kappa shape index (κ1) is 8.60. The second-order valence-electron chi connectivity index (χ2n) is 2.60. The third-order valence-electron chi connectivity index (χ3n) is 1.82. The highest BCUT2D eigenvalue weighted by Crippen LogP contribution is 1.59. The summed E-state index contributed by atoms with van der Waals surface area (Å²) in [4.78, 5) is 3.08. The van der Waals surface area contributed by atoms with Crippen LogP contribution in [0.1, 0.15) is 6.92 Å². The van der Waals surface area contributed by atoms with Crippen molar-refractivity contribution in [3.05, 3.63) is 33.8 Å². The lowest BCUT2D eigenvalue weighted by atomic mass is 10.3. The summed E-state index contributed by atoms with van der Waals surface area (Å²) in [5.41, 5.74) is 0. The molecule has 1 heteroatoms. The molecule has 0 aromatic carbocycles. The summed E-state index contributed by atoms with van der Waals surface area (Å²) >= 11 is 0. The van der Waals surface area contributed by atoms with Crippen LogP contribution in [-0.4, -0.2) is 4.98 Å². The lowest BCUT2D eigenvalue weighted by Crippen LogP contribution is -2.36. The molecule has 12 heavy (non-hydrogen) atoms. The molecule has 1 heterocycles. The maximum absolute atomic E-state index is 3.87. The topological polar surface area (TPSA) is 15.8 Å². The lowest BCUT2D eigenvalue weighted by molar-refractivity contribution is 1.27. The van der Waals surface area contributed by atoms with E-state index in [1.807, 2.05) is 19.1 Å². The molecule has 1 aromatic rings. The summed E-state index contributed by atoms with van der Waals surface area (Å²) in [7, 11) is 0. The molecule has 0 saturated heterocycles. The van der Waals surface area contributed by atoms with Gasteiger partial charge in [0.1, 0.15) is 0 Å². The summed E-state index contributed by atoms with van der Waals surface area (Å²) < 4.78 is 0. The SMILES string of the molecule is C=C/C=c1/c(=C)[nH]c(=C)/c1=C/C. The number of hydrogen-bond donors (Lipinski definition) is 1. The van der Waals surface area contributed by atoms with Gasteiger partial charge in [0.05, 0.1) is 0 Å². The number of hydrogen-bond acceptors (Lipinski definition) is 0. The zero-order valence-electron chi connectivity index (χ0n) is 7.35. The van der Waals surface area contributed by atoms with Gasteiger partial charge in [-0.25, -0.2) is 0 Å². The summed E-state index contributed by atoms with van der Waals surface area (Å²) in [6.45, 7) is 13.4. The molecular formula is C11H13N. The first-order valence-electron chi connectivity index (χ1n) is 3.85. The highest BCUT2D eigenvalue weighted by Gasteiger charge is 1.88. The number of allylic oxidation sites excluding steroid dienone is 1. The van der Waals surface area contributed by atoms with Gasteiger partial charge in [-0.3, -0.25) is 0 Å². The van der Waals surface area contributed by atoms with Crippen molar-refractivity contribution in [3.63, 3.8) is 0 Å². The van der Waals surface area contributed by atoms with Crippen LogP contribution in [0.4, 0.5) is 0 Å². The molecule has 0 aliphatic carbocycles. The fourth-order valence-corrected chi connectivity index (χ4v) is 1.28. The number of nitrogens with one attached hydrogen (secondary N) is 1. The molecule has 0 spiro atoms. The number of H-pyrrole nitrogens is 1. The van der Waals surface area contributed by atoms with Crippen LogP contribution >= 0.6 is 0 Å². The van der Waals surface area contributed by atoms with E-state index in [-0.39, 0.29) is 0 Å². The van der Waals surface area contributed by atoms with Crippen LogP contribution in [0.25, 0.3) is 25.3 Å². The monoisotopic (exact) mass is 159 g/mol. The maximum Gasteiger partial charge on any atom is 0.0391 e. The molecule has 0 atom stereocenters. The van der Waals surface area contributed by atoms with Crippen LogP contribution < -0.4 is 21.1 Å². The first-order chi connectivity index (χ1) is 5.70. The van der Waals surface area contributed by atoms with Gasteiger partial charge in [-0.15, -0.1) is 0 Å². The van der Waals surface area contributed by atoms with Gasteiger partial charge in [0.25, 0.3) is 0 Å². The van der Waals surface area contributed by atoms with E-state index in [0.29, 0.717) is 0 Å². The van der Waals surface area contributed by atoms with E-state index in [9.17, 15) is 0 Å². The normalized spacial score (nSPS) is 13.8. The quantitative estimate of drug-likeness (QED) is 0.574. The van der Waals surface area contributed by atoms with Crippen molar-refractivity contribution in [3.8, 4) is 0 Å². The lowest BCUT2D eigenvalue weighted by Gasteiger charge is -1.75. The highest BCUT2D eigenvalue weighted by atomic mass is 14.7. The fraction of sp³-hybridized carbons (Fsp3) is 0.0909. The molecule has 1 rings (SSSR count). The minimum atomic E-state index is 0.896. The first-order valence-corrected chi connectivity index (χ1v) is 3.85. The Balaban J connectivity index is 3.93. The van der Waals surface area contributed by atoms with Crippen LogP contribution in [0, 0.1) is 0 Å². The van der Waals surface area contributed by atoms with Crippen molar-refractivity contribution < 1.29 is 0 Å². The Morgan fingerprint density at radius 2 is 1.75 bits per heavy atom. The number of rotatable bonds is 1. The summed E-state index contributed by atoms with van der Waals surface area (Å²) in [5.74, 6) is 0. The van der Waals surface area contributed by atoms with Crippen molar-refractivity contribution in [2.75, 3.05) is 0 Å². The Bertz CT molecular complexity index is 488. The highest BCUT2D eigenvalue weighted by molar-refractivity contribution is 5.38. The average molecular weight is 159 g/mol. The van der Waals surface area contributed by atoms with Crippen molar-refractivity contribution in [1.82, 2.24) is 4.98 Å². The molecule has 1 N–H and O–H groups in total. The number of aromatic amines is 1. The molecule has 0 radical (unpaired) electrons. The maximum atomic E-state index is 3.87. The minimum absolute atomic E-state index is 0.896. The molecule has 0 saturated carbocycles. The minimum Gasteiger partial charge on any atom is -0.355 e. The van der Waals surface area contributed by atoms with Crippen LogP contribution in [0.15, 0.2) is 12.7 Å². The largest absolute Gasteiger partial charge is 0.355 e. The molecular weight excluding hydrogens is 146 g/mol. The van der Waals surface area contributed by atoms with Gasteiger partial charge < -0.3 is 4.98 Å². The second kappa shape index (κ2) is 3.26. The van der Waals surface area contributed by atoms with Gasteiger partial charge in [0, 0.05) is 21.1 Å². The Hall–Kier alpha value is -1.50. The summed E-state index contributed by atoms with van der Waals surface area (Å²) in [6.07, 6.45) is 5.70. The number of aromatic nitrogens is 1. The zero-order valence-corrected chi connectivity index (χ0v) is 7.35. The Morgan fingerprint density at radius 3 is 2.25 bits per heavy atom. The van der Waals surface area contributed by atoms with Gasteiger partial charge in [0.2, 0.25) is 0 Å². The molecule has 0 amide bonds. The molecule has 1 nitrogen and oxygen atoms in total. The molecule has 0 aliphatic rings. The predicted molar refractivity (Wildman–Crippen MR) is 55.1 cm³/mol. The van der Waals surface area contributed by atoms with Crippen LogP contribution in [0.3, 0.4) is 0 Å². The van der Waals surface area contributed by atoms with Gasteiger partial charge >= 0.3 is 0 Å². The van der Waals surface area contributed by atoms with Crippen molar-refractivity contribution in [2.45, 2.75) is 6.92 Å². The van der Waals surface area contributed by atoms with Crippen molar-refractivity contribution >= 4 is 25.3 Å². The van der Waals surface area contributed by atoms with E-state index >= 15 is 0 Å². The molecule has 1 aromatic heterocycles. The Morgan fingerprint density at radius 1 is 1.17 bits per heavy atom. The predicted octanol–water partition coefficient (Wildman–Crippen LogP) is -0.398. The van der Waals surface area contributed by atoms with E-state index in [4.69, 9.17) is 0 Å². The van der Waals surface area contributed by atoms with Gasteiger partial charge in [-0.05, 0) is 6.92 Å². The van der Waals surface area contributed by atoms with E-state index < -0.39 is 0 Å².